The Bertz CT molecular complexity index is 1060. The summed E-state index contributed by atoms with van der Waals surface area (Å²) < 4.78 is 18.2. The van der Waals surface area contributed by atoms with Gasteiger partial charge < -0.3 is 24.1 Å². The van der Waals surface area contributed by atoms with Gasteiger partial charge in [-0.3, -0.25) is 9.59 Å². The van der Waals surface area contributed by atoms with Gasteiger partial charge in [0.25, 0.3) is 11.5 Å². The minimum atomic E-state index is -0.316. The summed E-state index contributed by atoms with van der Waals surface area (Å²) in [5.74, 6) is 0.769. The highest BCUT2D eigenvalue weighted by Gasteiger charge is 2.11. The van der Waals surface area contributed by atoms with Crippen LogP contribution in [0.2, 0.25) is 0 Å². The molecule has 0 aliphatic carbocycles. The molecule has 0 aliphatic heterocycles. The van der Waals surface area contributed by atoms with Gasteiger partial charge in [0.15, 0.2) is 6.61 Å². The third kappa shape index (κ3) is 5.18. The summed E-state index contributed by atoms with van der Waals surface area (Å²) >= 11 is 0. The highest BCUT2D eigenvalue weighted by atomic mass is 16.5. The van der Waals surface area contributed by atoms with Crippen LogP contribution in [0.25, 0.3) is 10.8 Å². The lowest BCUT2D eigenvalue weighted by Gasteiger charge is -2.13. The average molecular weight is 410 g/mol. The van der Waals surface area contributed by atoms with Crippen LogP contribution in [0.4, 0.5) is 5.69 Å². The second-order valence-electron chi connectivity index (χ2n) is 6.49. The molecule has 0 spiro atoms. The normalized spacial score (nSPS) is 10.7. The topological polar surface area (TPSA) is 78.8 Å². The summed E-state index contributed by atoms with van der Waals surface area (Å²) in [6, 6.07) is 14.3. The molecular weight excluding hydrogens is 384 g/mol. The Labute approximate surface area is 175 Å². The van der Waals surface area contributed by atoms with E-state index in [-0.39, 0.29) is 18.1 Å². The maximum Gasteiger partial charge on any atom is 0.262 e. The van der Waals surface area contributed by atoms with Crippen LogP contribution >= 0.6 is 0 Å². The van der Waals surface area contributed by atoms with Gasteiger partial charge in [-0.05, 0) is 44.2 Å². The van der Waals surface area contributed by atoms with Gasteiger partial charge in [-0.2, -0.15) is 0 Å². The highest BCUT2D eigenvalue weighted by molar-refractivity contribution is 5.94. The molecule has 30 heavy (non-hydrogen) atoms. The molecule has 0 unspecified atom stereocenters. The number of benzene rings is 2. The molecule has 3 rings (SSSR count). The summed E-state index contributed by atoms with van der Waals surface area (Å²) in [5, 5.41) is 3.99. The van der Waals surface area contributed by atoms with Crippen molar-refractivity contribution in [1.82, 2.24) is 4.57 Å². The molecule has 1 heterocycles. The summed E-state index contributed by atoms with van der Waals surface area (Å²) in [4.78, 5) is 25.1. The van der Waals surface area contributed by atoms with Crippen molar-refractivity contribution in [3.8, 4) is 11.5 Å². The molecule has 1 aromatic heterocycles. The number of carbonyl (C=O) groups excluding carboxylic acids is 1. The number of fused-ring (bicyclic) bond motifs is 1. The van der Waals surface area contributed by atoms with E-state index in [4.69, 9.17) is 14.2 Å². The number of amides is 1. The lowest BCUT2D eigenvalue weighted by Crippen LogP contribution is -2.23. The number of pyridine rings is 1. The minimum Gasteiger partial charge on any atom is -0.492 e. The molecule has 0 aliphatic rings. The van der Waals surface area contributed by atoms with E-state index in [1.807, 2.05) is 32.0 Å². The molecule has 1 N–H and O–H groups in total. The Balaban J connectivity index is 1.71. The van der Waals surface area contributed by atoms with E-state index >= 15 is 0 Å². The Morgan fingerprint density at radius 3 is 2.53 bits per heavy atom. The molecule has 1 amide bonds. The summed E-state index contributed by atoms with van der Waals surface area (Å²) in [5.41, 5.74) is 0.468. The lowest BCUT2D eigenvalue weighted by atomic mass is 10.1. The number of nitrogens with one attached hydrogen (secondary N) is 1. The molecule has 3 aromatic rings. The molecule has 0 saturated heterocycles. The maximum atomic E-state index is 12.7. The van der Waals surface area contributed by atoms with E-state index in [9.17, 15) is 9.59 Å². The standard InChI is InChI=1S/C23H26N2O5/c1-3-28-15-14-25-13-12-17-18(23(25)27)8-7-11-20(17)30-16-22(26)24-19-9-5-6-10-21(19)29-4-2/h5-13H,3-4,14-16H2,1-2H3,(H,24,26). The number of carbonyl (C=O) groups is 1. The first kappa shape index (κ1) is 21.4. The van der Waals surface area contributed by atoms with Crippen LogP contribution in [0.15, 0.2) is 59.5 Å². The zero-order chi connectivity index (χ0) is 21.3. The predicted octanol–water partition coefficient (Wildman–Crippen LogP) is 3.45. The monoisotopic (exact) mass is 410 g/mol. The molecule has 7 nitrogen and oxygen atoms in total. The van der Waals surface area contributed by atoms with Crippen LogP contribution in [-0.2, 0) is 16.1 Å². The SMILES string of the molecule is CCOCCn1ccc2c(OCC(=O)Nc3ccccc3OCC)cccc2c1=O. The molecule has 0 saturated carbocycles. The van der Waals surface area contributed by atoms with Crippen molar-refractivity contribution in [1.29, 1.82) is 0 Å². The van der Waals surface area contributed by atoms with Gasteiger partial charge in [0.05, 0.1) is 24.3 Å². The molecule has 0 atom stereocenters. The summed E-state index contributed by atoms with van der Waals surface area (Å²) in [7, 11) is 0. The van der Waals surface area contributed by atoms with E-state index < -0.39 is 0 Å². The first-order valence-electron chi connectivity index (χ1n) is 9.98. The molecule has 7 heteroatoms. The van der Waals surface area contributed by atoms with Gasteiger partial charge >= 0.3 is 0 Å². The fourth-order valence-corrected chi connectivity index (χ4v) is 3.08. The maximum absolute atomic E-state index is 12.7. The molecule has 0 fully saturated rings. The van der Waals surface area contributed by atoms with Crippen molar-refractivity contribution in [2.45, 2.75) is 20.4 Å². The number of aromatic nitrogens is 1. The van der Waals surface area contributed by atoms with Crippen LogP contribution < -0.4 is 20.3 Å². The van der Waals surface area contributed by atoms with Crippen molar-refractivity contribution < 1.29 is 19.0 Å². The minimum absolute atomic E-state index is 0.118. The van der Waals surface area contributed by atoms with E-state index in [1.54, 1.807) is 41.1 Å². The smallest absolute Gasteiger partial charge is 0.262 e. The second-order valence-corrected chi connectivity index (χ2v) is 6.49. The predicted molar refractivity (Wildman–Crippen MR) is 116 cm³/mol. The number of hydrogen-bond donors (Lipinski definition) is 1. The third-order valence-electron chi connectivity index (χ3n) is 4.48. The van der Waals surface area contributed by atoms with Gasteiger partial charge in [-0.25, -0.2) is 0 Å². The van der Waals surface area contributed by atoms with Crippen LogP contribution in [0.5, 0.6) is 11.5 Å². The number of anilines is 1. The fourth-order valence-electron chi connectivity index (χ4n) is 3.08. The Kier molecular flexibility index (Phi) is 7.45. The molecule has 0 radical (unpaired) electrons. The van der Waals surface area contributed by atoms with Crippen molar-refractivity contribution >= 4 is 22.4 Å². The fraction of sp³-hybridized carbons (Fsp3) is 0.304. The molecule has 2 aromatic carbocycles. The van der Waals surface area contributed by atoms with Crippen LogP contribution in [0.3, 0.4) is 0 Å². The van der Waals surface area contributed by atoms with Gasteiger partial charge in [0.1, 0.15) is 11.5 Å². The van der Waals surface area contributed by atoms with E-state index in [0.717, 1.165) is 0 Å². The summed E-state index contributed by atoms with van der Waals surface area (Å²) in [6.07, 6.45) is 1.72. The van der Waals surface area contributed by atoms with Crippen molar-refractivity contribution in [2.24, 2.45) is 0 Å². The van der Waals surface area contributed by atoms with Gasteiger partial charge in [-0.1, -0.05) is 18.2 Å². The molecular formula is C23H26N2O5. The van der Waals surface area contributed by atoms with Crippen molar-refractivity contribution in [2.75, 3.05) is 31.7 Å². The van der Waals surface area contributed by atoms with Crippen LogP contribution in [0, 0.1) is 0 Å². The molecule has 0 bridgehead atoms. The number of para-hydroxylation sites is 2. The number of hydrogen-bond acceptors (Lipinski definition) is 5. The average Bonchev–Trinajstić information content (AvgIpc) is 2.75. The second kappa shape index (κ2) is 10.5. The number of rotatable bonds is 10. The van der Waals surface area contributed by atoms with Crippen LogP contribution in [0.1, 0.15) is 13.8 Å². The lowest BCUT2D eigenvalue weighted by molar-refractivity contribution is -0.118. The van der Waals surface area contributed by atoms with E-state index in [1.165, 1.54) is 0 Å². The molecule has 158 valence electrons. The Morgan fingerprint density at radius 2 is 1.73 bits per heavy atom. The quantitative estimate of drug-likeness (QED) is 0.518. The van der Waals surface area contributed by atoms with Gasteiger partial charge in [0, 0.05) is 24.7 Å². The first-order chi connectivity index (χ1) is 14.6. The van der Waals surface area contributed by atoms with Crippen LogP contribution in [-0.4, -0.2) is 36.9 Å². The number of nitrogens with zero attached hydrogens (tertiary/aromatic N) is 1. The first-order valence-corrected chi connectivity index (χ1v) is 9.98. The van der Waals surface area contributed by atoms with Crippen molar-refractivity contribution in [3.05, 3.63) is 65.1 Å². The largest absolute Gasteiger partial charge is 0.492 e. The van der Waals surface area contributed by atoms with Gasteiger partial charge in [-0.15, -0.1) is 0 Å². The Morgan fingerprint density at radius 1 is 0.933 bits per heavy atom. The van der Waals surface area contributed by atoms with Gasteiger partial charge in [0.2, 0.25) is 0 Å². The van der Waals surface area contributed by atoms with E-state index in [2.05, 4.69) is 5.32 Å². The Hall–Kier alpha value is -3.32. The number of ether oxygens (including phenoxy) is 3. The third-order valence-corrected chi connectivity index (χ3v) is 4.48. The van der Waals surface area contributed by atoms with Crippen molar-refractivity contribution in [3.63, 3.8) is 0 Å². The van der Waals surface area contributed by atoms with E-state index in [0.29, 0.717) is 54.3 Å². The zero-order valence-electron chi connectivity index (χ0n) is 17.2. The zero-order valence-corrected chi connectivity index (χ0v) is 17.2. The summed E-state index contributed by atoms with van der Waals surface area (Å²) in [6.45, 7) is 5.67. The highest BCUT2D eigenvalue weighted by Crippen LogP contribution is 2.25.